The molecular weight excluding hydrogens is 262 g/mol. The molecule has 0 radical (unpaired) electrons. The molecule has 1 unspecified atom stereocenters. The second-order valence-electron chi connectivity index (χ2n) is 5.09. The molecule has 2 N–H and O–H groups in total. The number of carbonyl (C=O) groups excluding carboxylic acids is 1. The molecule has 0 fully saturated rings. The fraction of sp³-hybridized carbons (Fsp3) is 0.176. The summed E-state index contributed by atoms with van der Waals surface area (Å²) >= 11 is 0. The SMILES string of the molecule is CC1=NC(N)C(=O)N(Cc2ccccc2)c2ccccc21. The lowest BCUT2D eigenvalue weighted by atomic mass is 10.1. The Kier molecular flexibility index (Phi) is 3.54. The van der Waals surface area contributed by atoms with Crippen LogP contribution in [0.3, 0.4) is 0 Å². The number of aliphatic imine (C=N–C) groups is 1. The number of anilines is 1. The van der Waals surface area contributed by atoms with Gasteiger partial charge in [0, 0.05) is 11.3 Å². The second-order valence-corrected chi connectivity index (χ2v) is 5.09. The number of hydrogen-bond acceptors (Lipinski definition) is 3. The van der Waals surface area contributed by atoms with Gasteiger partial charge in [0.05, 0.1) is 12.2 Å². The monoisotopic (exact) mass is 279 g/mol. The van der Waals surface area contributed by atoms with Gasteiger partial charge in [-0.05, 0) is 18.6 Å². The Morgan fingerprint density at radius 3 is 2.52 bits per heavy atom. The number of benzene rings is 2. The van der Waals surface area contributed by atoms with E-state index in [0.717, 1.165) is 22.5 Å². The van der Waals surface area contributed by atoms with E-state index in [-0.39, 0.29) is 5.91 Å². The third-order valence-corrected chi connectivity index (χ3v) is 3.62. The van der Waals surface area contributed by atoms with E-state index < -0.39 is 6.17 Å². The van der Waals surface area contributed by atoms with Crippen LogP contribution in [0.1, 0.15) is 18.1 Å². The van der Waals surface area contributed by atoms with Crippen molar-refractivity contribution in [3.63, 3.8) is 0 Å². The minimum absolute atomic E-state index is 0.178. The molecule has 0 spiro atoms. The lowest BCUT2D eigenvalue weighted by Gasteiger charge is -2.24. The summed E-state index contributed by atoms with van der Waals surface area (Å²) in [5, 5.41) is 0. The quantitative estimate of drug-likeness (QED) is 0.917. The van der Waals surface area contributed by atoms with Crippen molar-refractivity contribution < 1.29 is 4.79 Å². The Balaban J connectivity index is 2.06. The number of nitrogens with zero attached hydrogens (tertiary/aromatic N) is 2. The van der Waals surface area contributed by atoms with Crippen LogP contribution in [-0.2, 0) is 11.3 Å². The van der Waals surface area contributed by atoms with Crippen LogP contribution in [0.4, 0.5) is 5.69 Å². The van der Waals surface area contributed by atoms with Gasteiger partial charge in [-0.3, -0.25) is 9.79 Å². The Hall–Kier alpha value is -2.46. The van der Waals surface area contributed by atoms with Crippen molar-refractivity contribution >= 4 is 17.3 Å². The number of para-hydroxylation sites is 1. The van der Waals surface area contributed by atoms with Gasteiger partial charge in [0.1, 0.15) is 0 Å². The highest BCUT2D eigenvalue weighted by molar-refractivity contribution is 6.11. The molecule has 1 aliphatic rings. The van der Waals surface area contributed by atoms with Gasteiger partial charge in [0.25, 0.3) is 5.91 Å². The number of rotatable bonds is 2. The van der Waals surface area contributed by atoms with E-state index in [0.29, 0.717) is 6.54 Å². The lowest BCUT2D eigenvalue weighted by molar-refractivity contribution is -0.119. The third-order valence-electron chi connectivity index (χ3n) is 3.62. The van der Waals surface area contributed by atoms with Crippen molar-refractivity contribution in [2.45, 2.75) is 19.6 Å². The van der Waals surface area contributed by atoms with Gasteiger partial charge in [-0.2, -0.15) is 0 Å². The minimum Gasteiger partial charge on any atom is -0.304 e. The molecule has 1 heterocycles. The summed E-state index contributed by atoms with van der Waals surface area (Å²) in [6.45, 7) is 2.38. The summed E-state index contributed by atoms with van der Waals surface area (Å²) < 4.78 is 0. The van der Waals surface area contributed by atoms with E-state index >= 15 is 0 Å². The molecule has 0 aliphatic carbocycles. The predicted molar refractivity (Wildman–Crippen MR) is 84.3 cm³/mol. The van der Waals surface area contributed by atoms with E-state index in [1.54, 1.807) is 4.90 Å². The minimum atomic E-state index is -0.846. The Morgan fingerprint density at radius 2 is 1.76 bits per heavy atom. The standard InChI is InChI=1S/C17H17N3O/c1-12-14-9-5-6-10-15(14)20(17(21)16(18)19-12)11-13-7-3-2-4-8-13/h2-10,16H,11,18H2,1H3. The fourth-order valence-corrected chi connectivity index (χ4v) is 2.56. The molecule has 21 heavy (non-hydrogen) atoms. The molecule has 4 nitrogen and oxygen atoms in total. The molecule has 0 saturated carbocycles. The number of hydrogen-bond donors (Lipinski definition) is 1. The Bertz CT molecular complexity index is 694. The zero-order valence-corrected chi connectivity index (χ0v) is 11.9. The fourth-order valence-electron chi connectivity index (χ4n) is 2.56. The van der Waals surface area contributed by atoms with Crippen LogP contribution < -0.4 is 10.6 Å². The highest BCUT2D eigenvalue weighted by atomic mass is 16.2. The van der Waals surface area contributed by atoms with E-state index in [4.69, 9.17) is 5.73 Å². The molecule has 0 aromatic heterocycles. The maximum Gasteiger partial charge on any atom is 0.266 e. The lowest BCUT2D eigenvalue weighted by Crippen LogP contribution is -2.41. The largest absolute Gasteiger partial charge is 0.304 e. The number of amides is 1. The van der Waals surface area contributed by atoms with Gasteiger partial charge in [0.2, 0.25) is 0 Å². The van der Waals surface area contributed by atoms with Crippen molar-refractivity contribution in [2.24, 2.45) is 10.7 Å². The van der Waals surface area contributed by atoms with Crippen LogP contribution in [0.2, 0.25) is 0 Å². The van der Waals surface area contributed by atoms with E-state index in [1.165, 1.54) is 0 Å². The van der Waals surface area contributed by atoms with Crippen LogP contribution in [0, 0.1) is 0 Å². The summed E-state index contributed by atoms with van der Waals surface area (Å²) in [5.41, 5.74) is 9.58. The molecular formula is C17H17N3O. The van der Waals surface area contributed by atoms with Crippen LogP contribution >= 0.6 is 0 Å². The maximum absolute atomic E-state index is 12.6. The summed E-state index contributed by atoms with van der Waals surface area (Å²) in [6, 6.07) is 17.7. The van der Waals surface area contributed by atoms with E-state index in [1.807, 2.05) is 61.5 Å². The van der Waals surface area contributed by atoms with Gasteiger partial charge >= 0.3 is 0 Å². The zero-order valence-electron chi connectivity index (χ0n) is 11.9. The van der Waals surface area contributed by atoms with Gasteiger partial charge in [-0.1, -0.05) is 48.5 Å². The first kappa shape index (κ1) is 13.5. The zero-order chi connectivity index (χ0) is 14.8. The van der Waals surface area contributed by atoms with Crippen LogP contribution in [0.25, 0.3) is 0 Å². The second kappa shape index (κ2) is 5.50. The Labute approximate surface area is 123 Å². The summed E-state index contributed by atoms with van der Waals surface area (Å²) in [4.78, 5) is 18.6. The van der Waals surface area contributed by atoms with Crippen molar-refractivity contribution in [1.29, 1.82) is 0 Å². The van der Waals surface area contributed by atoms with Gasteiger partial charge < -0.3 is 10.6 Å². The summed E-state index contributed by atoms with van der Waals surface area (Å²) in [5.74, 6) is -0.178. The topological polar surface area (TPSA) is 58.7 Å². The summed E-state index contributed by atoms with van der Waals surface area (Å²) in [6.07, 6.45) is -0.846. The van der Waals surface area contributed by atoms with E-state index in [9.17, 15) is 4.79 Å². The Morgan fingerprint density at radius 1 is 1.10 bits per heavy atom. The first-order valence-electron chi connectivity index (χ1n) is 6.91. The predicted octanol–water partition coefficient (Wildman–Crippen LogP) is 2.33. The third kappa shape index (κ3) is 2.58. The molecule has 3 rings (SSSR count). The number of benzodiazepines with no additional fused rings is 1. The van der Waals surface area contributed by atoms with Crippen LogP contribution in [-0.4, -0.2) is 17.8 Å². The normalized spacial score (nSPS) is 18.0. The van der Waals surface area contributed by atoms with Crippen LogP contribution in [0.15, 0.2) is 59.6 Å². The average Bonchev–Trinajstić information content (AvgIpc) is 2.60. The van der Waals surface area contributed by atoms with Crippen molar-refractivity contribution in [3.8, 4) is 0 Å². The molecule has 1 amide bonds. The smallest absolute Gasteiger partial charge is 0.266 e. The molecule has 106 valence electrons. The molecule has 0 bridgehead atoms. The summed E-state index contributed by atoms with van der Waals surface area (Å²) in [7, 11) is 0. The van der Waals surface area contributed by atoms with Gasteiger partial charge in [0.15, 0.2) is 6.17 Å². The average molecular weight is 279 g/mol. The number of fused-ring (bicyclic) bond motifs is 1. The molecule has 0 saturated heterocycles. The number of carbonyl (C=O) groups is 1. The molecule has 2 aromatic rings. The van der Waals surface area contributed by atoms with Crippen LogP contribution in [0.5, 0.6) is 0 Å². The highest BCUT2D eigenvalue weighted by Gasteiger charge is 2.27. The van der Waals surface area contributed by atoms with Crippen molar-refractivity contribution in [3.05, 3.63) is 65.7 Å². The van der Waals surface area contributed by atoms with Crippen molar-refractivity contribution in [2.75, 3.05) is 4.90 Å². The van der Waals surface area contributed by atoms with E-state index in [2.05, 4.69) is 4.99 Å². The first-order valence-corrected chi connectivity index (χ1v) is 6.91. The molecule has 1 aliphatic heterocycles. The van der Waals surface area contributed by atoms with Gasteiger partial charge in [-0.25, -0.2) is 0 Å². The molecule has 1 atom stereocenters. The first-order chi connectivity index (χ1) is 10.2. The van der Waals surface area contributed by atoms with Crippen molar-refractivity contribution in [1.82, 2.24) is 0 Å². The maximum atomic E-state index is 12.6. The highest BCUT2D eigenvalue weighted by Crippen LogP contribution is 2.26. The number of nitrogens with two attached hydrogens (primary N) is 1. The molecule has 2 aromatic carbocycles. The molecule has 4 heteroatoms. The van der Waals surface area contributed by atoms with Gasteiger partial charge in [-0.15, -0.1) is 0 Å².